The summed E-state index contributed by atoms with van der Waals surface area (Å²) in [7, 11) is 0. The summed E-state index contributed by atoms with van der Waals surface area (Å²) in [6.07, 6.45) is 3.70. The van der Waals surface area contributed by atoms with Crippen molar-refractivity contribution in [2.45, 2.75) is 6.92 Å². The maximum atomic E-state index is 6.02. The van der Waals surface area contributed by atoms with Crippen LogP contribution in [0.2, 0.25) is 0 Å². The number of anilines is 1. The fourth-order valence-corrected chi connectivity index (χ4v) is 1.83. The minimum Gasteiger partial charge on any atom is -0.492 e. The molecule has 0 radical (unpaired) electrons. The lowest BCUT2D eigenvalue weighted by Gasteiger charge is -2.10. The molecular weight excluding hydrogens is 317 g/mol. The zero-order valence-corrected chi connectivity index (χ0v) is 11.0. The smallest absolute Gasteiger partial charge is 0.144 e. The minimum absolute atomic E-state index is 0.601. The lowest BCUT2D eigenvalue weighted by Crippen LogP contribution is -2.03. The predicted octanol–water partition coefficient (Wildman–Crippen LogP) is 2.46. The summed E-state index contributed by atoms with van der Waals surface area (Å²) >= 11 is 2.21. The summed E-state index contributed by atoms with van der Waals surface area (Å²) in [5.74, 6) is 0.700. The molecule has 0 spiro atoms. The number of aromatic nitrogens is 2. The number of nitrogen functional groups attached to an aromatic ring is 1. The zero-order valence-electron chi connectivity index (χ0n) is 8.85. The molecule has 0 aliphatic carbocycles. The number of halogens is 1. The summed E-state index contributed by atoms with van der Waals surface area (Å²) in [4.78, 5) is 0. The second kappa shape index (κ2) is 4.73. The van der Waals surface area contributed by atoms with Crippen LogP contribution >= 0.6 is 22.6 Å². The molecule has 16 heavy (non-hydrogen) atoms. The highest BCUT2D eigenvalue weighted by atomic mass is 127. The Labute approximate surface area is 108 Å². The van der Waals surface area contributed by atoms with Crippen molar-refractivity contribution in [2.24, 2.45) is 0 Å². The Morgan fingerprint density at radius 2 is 2.31 bits per heavy atom. The summed E-state index contributed by atoms with van der Waals surface area (Å²) in [5.41, 5.74) is 7.48. The molecule has 0 amide bonds. The molecule has 2 rings (SSSR count). The van der Waals surface area contributed by atoms with Crippen molar-refractivity contribution < 1.29 is 4.74 Å². The molecule has 5 heteroatoms. The van der Waals surface area contributed by atoms with Gasteiger partial charge in [-0.3, -0.25) is 0 Å². The first-order chi connectivity index (χ1) is 7.72. The first-order valence-electron chi connectivity index (χ1n) is 4.94. The average molecular weight is 329 g/mol. The fraction of sp³-hybridized carbons (Fsp3) is 0.182. The fourth-order valence-electron chi connectivity index (χ4n) is 1.45. The predicted molar refractivity (Wildman–Crippen MR) is 71.9 cm³/mol. The topological polar surface area (TPSA) is 53.1 Å². The third-order valence-electron chi connectivity index (χ3n) is 2.14. The third-order valence-corrected chi connectivity index (χ3v) is 2.70. The maximum Gasteiger partial charge on any atom is 0.144 e. The Morgan fingerprint density at radius 1 is 1.50 bits per heavy atom. The van der Waals surface area contributed by atoms with E-state index in [0.717, 1.165) is 9.26 Å². The second-order valence-electron chi connectivity index (χ2n) is 3.23. The van der Waals surface area contributed by atoms with Crippen LogP contribution in [0, 0.1) is 3.57 Å². The standard InChI is InChI=1S/C11H12IN3O/c1-2-16-10-5-3-4-9(11(10)13)15-7-8(12)6-14-15/h3-7H,2,13H2,1H3. The van der Waals surface area contributed by atoms with Crippen molar-refractivity contribution in [3.05, 3.63) is 34.2 Å². The monoisotopic (exact) mass is 329 g/mol. The molecule has 1 aromatic heterocycles. The Hall–Kier alpha value is -1.24. The van der Waals surface area contributed by atoms with Crippen LogP contribution in [0.4, 0.5) is 5.69 Å². The molecule has 2 N–H and O–H groups in total. The van der Waals surface area contributed by atoms with E-state index in [2.05, 4.69) is 27.7 Å². The zero-order chi connectivity index (χ0) is 11.5. The first-order valence-corrected chi connectivity index (χ1v) is 6.02. The van der Waals surface area contributed by atoms with Crippen LogP contribution in [-0.4, -0.2) is 16.4 Å². The van der Waals surface area contributed by atoms with Gasteiger partial charge in [0.2, 0.25) is 0 Å². The van der Waals surface area contributed by atoms with E-state index in [-0.39, 0.29) is 0 Å². The molecule has 2 aromatic rings. The van der Waals surface area contributed by atoms with Crippen molar-refractivity contribution in [2.75, 3.05) is 12.3 Å². The van der Waals surface area contributed by atoms with Crippen LogP contribution in [0.1, 0.15) is 6.92 Å². The van der Waals surface area contributed by atoms with Crippen molar-refractivity contribution in [3.8, 4) is 11.4 Å². The maximum absolute atomic E-state index is 6.02. The van der Waals surface area contributed by atoms with Crippen molar-refractivity contribution in [1.82, 2.24) is 9.78 Å². The number of hydrogen-bond acceptors (Lipinski definition) is 3. The van der Waals surface area contributed by atoms with Gasteiger partial charge in [-0.25, -0.2) is 4.68 Å². The summed E-state index contributed by atoms with van der Waals surface area (Å²) in [6, 6.07) is 5.68. The van der Waals surface area contributed by atoms with Gasteiger partial charge in [0.05, 0.1) is 22.1 Å². The number of nitrogens with zero attached hydrogens (tertiary/aromatic N) is 2. The Bertz CT molecular complexity index is 496. The van der Waals surface area contributed by atoms with Gasteiger partial charge in [0.1, 0.15) is 11.4 Å². The molecule has 0 bridgehead atoms. The average Bonchev–Trinajstić information content (AvgIpc) is 2.68. The third kappa shape index (κ3) is 2.13. The highest BCUT2D eigenvalue weighted by Gasteiger charge is 2.08. The van der Waals surface area contributed by atoms with E-state index >= 15 is 0 Å². The van der Waals surface area contributed by atoms with Crippen molar-refractivity contribution in [3.63, 3.8) is 0 Å². The molecule has 0 aliphatic heterocycles. The second-order valence-corrected chi connectivity index (χ2v) is 4.47. The lowest BCUT2D eigenvalue weighted by atomic mass is 10.2. The summed E-state index contributed by atoms with van der Waals surface area (Å²) < 4.78 is 8.26. The van der Waals surface area contributed by atoms with Gasteiger partial charge in [-0.2, -0.15) is 5.10 Å². The molecule has 0 aliphatic rings. The number of nitrogens with two attached hydrogens (primary N) is 1. The van der Waals surface area contributed by atoms with E-state index in [1.807, 2.05) is 31.3 Å². The lowest BCUT2D eigenvalue weighted by molar-refractivity contribution is 0.342. The van der Waals surface area contributed by atoms with Gasteiger partial charge in [-0.05, 0) is 41.6 Å². The van der Waals surface area contributed by atoms with E-state index in [9.17, 15) is 0 Å². The SMILES string of the molecule is CCOc1cccc(-n2cc(I)cn2)c1N. The van der Waals surface area contributed by atoms with Gasteiger partial charge in [-0.1, -0.05) is 6.07 Å². The summed E-state index contributed by atoms with van der Waals surface area (Å²) in [5, 5.41) is 4.22. The van der Waals surface area contributed by atoms with Crippen molar-refractivity contribution >= 4 is 28.3 Å². The van der Waals surface area contributed by atoms with Crippen LogP contribution in [-0.2, 0) is 0 Å². The first kappa shape index (κ1) is 11.3. The molecule has 0 fully saturated rings. The molecule has 0 atom stereocenters. The van der Waals surface area contributed by atoms with Gasteiger partial charge in [0, 0.05) is 6.20 Å². The van der Waals surface area contributed by atoms with Gasteiger partial charge >= 0.3 is 0 Å². The molecule has 4 nitrogen and oxygen atoms in total. The molecule has 0 unspecified atom stereocenters. The van der Waals surface area contributed by atoms with Gasteiger partial charge in [0.25, 0.3) is 0 Å². The van der Waals surface area contributed by atoms with Crippen LogP contribution in [0.25, 0.3) is 5.69 Å². The number of benzene rings is 1. The van der Waals surface area contributed by atoms with Crippen LogP contribution in [0.5, 0.6) is 5.75 Å². The van der Waals surface area contributed by atoms with Gasteiger partial charge in [-0.15, -0.1) is 0 Å². The Morgan fingerprint density at radius 3 is 2.94 bits per heavy atom. The van der Waals surface area contributed by atoms with E-state index in [0.29, 0.717) is 18.0 Å². The van der Waals surface area contributed by atoms with Crippen LogP contribution in [0.3, 0.4) is 0 Å². The molecule has 1 heterocycles. The number of rotatable bonds is 3. The minimum atomic E-state index is 0.601. The highest BCUT2D eigenvalue weighted by Crippen LogP contribution is 2.27. The van der Waals surface area contributed by atoms with Crippen LogP contribution < -0.4 is 10.5 Å². The summed E-state index contributed by atoms with van der Waals surface area (Å²) in [6.45, 7) is 2.53. The van der Waals surface area contributed by atoms with Gasteiger partial charge in [0.15, 0.2) is 0 Å². The molecular formula is C11H12IN3O. The Balaban J connectivity index is 2.45. The van der Waals surface area contributed by atoms with Crippen LogP contribution in [0.15, 0.2) is 30.6 Å². The largest absolute Gasteiger partial charge is 0.492 e. The quantitative estimate of drug-likeness (QED) is 0.695. The Kier molecular flexibility index (Phi) is 3.33. The van der Waals surface area contributed by atoms with Gasteiger partial charge < -0.3 is 10.5 Å². The van der Waals surface area contributed by atoms with E-state index in [1.54, 1.807) is 10.9 Å². The van der Waals surface area contributed by atoms with E-state index in [4.69, 9.17) is 10.5 Å². The normalized spacial score (nSPS) is 10.4. The number of ether oxygens (including phenoxy) is 1. The number of hydrogen-bond donors (Lipinski definition) is 1. The van der Waals surface area contributed by atoms with Crippen molar-refractivity contribution in [1.29, 1.82) is 0 Å². The molecule has 0 saturated carbocycles. The van der Waals surface area contributed by atoms with E-state index < -0.39 is 0 Å². The molecule has 0 saturated heterocycles. The van der Waals surface area contributed by atoms with E-state index in [1.165, 1.54) is 0 Å². The highest BCUT2D eigenvalue weighted by molar-refractivity contribution is 14.1. The molecule has 84 valence electrons. The number of para-hydroxylation sites is 1. The molecule has 1 aromatic carbocycles.